The van der Waals surface area contributed by atoms with Gasteiger partial charge < -0.3 is 23.4 Å². The Morgan fingerprint density at radius 3 is 2.33 bits per heavy atom. The van der Waals surface area contributed by atoms with Gasteiger partial charge in [0.05, 0.1) is 36.8 Å². The summed E-state index contributed by atoms with van der Waals surface area (Å²) in [5.74, 6) is -1.44. The largest absolute Gasteiger partial charge is 0.493 e. The van der Waals surface area contributed by atoms with E-state index < -0.39 is 34.5 Å². The van der Waals surface area contributed by atoms with Crippen molar-refractivity contribution in [2.45, 2.75) is 19.0 Å². The standard InChI is InChI=1S/C28H21Cl2F3O7/c1-36-21-9-5-15(12-23(21)37-2)25-26(35)18-8-7-17(14-22(18)40-27(25)28(31,32)33)39-24(34)4-3-11-38-20-10-6-16(29)13-19(20)30/h5-10,12-14H,3-4,11H2,1-2H3. The molecule has 0 saturated carbocycles. The van der Waals surface area contributed by atoms with Gasteiger partial charge in [0.2, 0.25) is 11.2 Å². The number of esters is 1. The van der Waals surface area contributed by atoms with Gasteiger partial charge in [-0.2, -0.15) is 13.2 Å². The molecular formula is C28H21Cl2F3O7. The van der Waals surface area contributed by atoms with Crippen LogP contribution >= 0.6 is 23.2 Å². The van der Waals surface area contributed by atoms with Crippen molar-refractivity contribution in [2.24, 2.45) is 0 Å². The Balaban J connectivity index is 1.55. The SMILES string of the molecule is COc1ccc(-c2c(C(F)(F)F)oc3cc(OC(=O)CCCOc4ccc(Cl)cc4Cl)ccc3c2=O)cc1OC. The summed E-state index contributed by atoms with van der Waals surface area (Å²) in [6.07, 6.45) is -4.79. The van der Waals surface area contributed by atoms with Crippen molar-refractivity contribution in [1.82, 2.24) is 0 Å². The molecule has 0 atom stereocenters. The molecule has 4 rings (SSSR count). The van der Waals surface area contributed by atoms with Crippen LogP contribution in [0.3, 0.4) is 0 Å². The third-order valence-corrected chi connectivity index (χ3v) is 6.23. The highest BCUT2D eigenvalue weighted by atomic mass is 35.5. The molecule has 0 radical (unpaired) electrons. The lowest BCUT2D eigenvalue weighted by Crippen LogP contribution is -2.16. The Hall–Kier alpha value is -3.89. The molecule has 0 saturated heterocycles. The number of hydrogen-bond acceptors (Lipinski definition) is 7. The fourth-order valence-corrected chi connectivity index (χ4v) is 4.33. The number of methoxy groups -OCH3 is 2. The molecule has 4 aromatic rings. The first kappa shape index (κ1) is 29.1. The predicted molar refractivity (Wildman–Crippen MR) is 143 cm³/mol. The van der Waals surface area contributed by atoms with Gasteiger partial charge in [-0.25, -0.2) is 0 Å². The van der Waals surface area contributed by atoms with Gasteiger partial charge in [0.25, 0.3) is 0 Å². The molecule has 0 fully saturated rings. The van der Waals surface area contributed by atoms with Gasteiger partial charge in [0, 0.05) is 17.5 Å². The molecule has 0 unspecified atom stereocenters. The summed E-state index contributed by atoms with van der Waals surface area (Å²) >= 11 is 11.9. The molecule has 3 aromatic carbocycles. The minimum absolute atomic E-state index is 0.0563. The van der Waals surface area contributed by atoms with Crippen LogP contribution in [0.25, 0.3) is 22.1 Å². The molecule has 210 valence electrons. The fourth-order valence-electron chi connectivity index (χ4n) is 3.86. The summed E-state index contributed by atoms with van der Waals surface area (Å²) in [6, 6.07) is 12.3. The lowest BCUT2D eigenvalue weighted by molar-refractivity contribution is -0.152. The average molecular weight is 597 g/mol. The first-order valence-electron chi connectivity index (χ1n) is 11.7. The van der Waals surface area contributed by atoms with E-state index in [-0.39, 0.29) is 47.6 Å². The number of carbonyl (C=O) groups excluding carboxylic acids is 1. The molecule has 0 spiro atoms. The van der Waals surface area contributed by atoms with Crippen molar-refractivity contribution >= 4 is 40.1 Å². The van der Waals surface area contributed by atoms with Crippen LogP contribution in [0.15, 0.2) is 63.8 Å². The van der Waals surface area contributed by atoms with Crippen LogP contribution in [0.2, 0.25) is 10.0 Å². The Bertz CT molecular complexity index is 1620. The zero-order valence-electron chi connectivity index (χ0n) is 21.1. The minimum atomic E-state index is -5.00. The lowest BCUT2D eigenvalue weighted by Gasteiger charge is -2.15. The number of rotatable bonds is 9. The number of halogens is 5. The third kappa shape index (κ3) is 6.46. The second-order valence-corrected chi connectivity index (χ2v) is 9.21. The van der Waals surface area contributed by atoms with Gasteiger partial charge in [0.15, 0.2) is 11.5 Å². The monoisotopic (exact) mass is 596 g/mol. The summed E-state index contributed by atoms with van der Waals surface area (Å²) in [6.45, 7) is 0.150. The maximum atomic E-state index is 14.0. The van der Waals surface area contributed by atoms with Crippen LogP contribution in [0.5, 0.6) is 23.0 Å². The van der Waals surface area contributed by atoms with E-state index in [4.69, 9.17) is 46.6 Å². The lowest BCUT2D eigenvalue weighted by atomic mass is 10.0. The van der Waals surface area contributed by atoms with E-state index in [0.717, 1.165) is 6.07 Å². The highest BCUT2D eigenvalue weighted by Crippen LogP contribution is 2.40. The van der Waals surface area contributed by atoms with Crippen molar-refractivity contribution in [3.8, 4) is 34.1 Å². The van der Waals surface area contributed by atoms with Crippen molar-refractivity contribution in [2.75, 3.05) is 20.8 Å². The highest BCUT2D eigenvalue weighted by molar-refractivity contribution is 6.35. The number of ether oxygens (including phenoxy) is 4. The van der Waals surface area contributed by atoms with E-state index >= 15 is 0 Å². The van der Waals surface area contributed by atoms with Gasteiger partial charge in [-0.3, -0.25) is 9.59 Å². The number of carbonyl (C=O) groups is 1. The van der Waals surface area contributed by atoms with Gasteiger partial charge >= 0.3 is 12.1 Å². The van der Waals surface area contributed by atoms with Crippen molar-refractivity contribution < 1.29 is 41.3 Å². The number of benzene rings is 3. The second kappa shape index (κ2) is 12.1. The Labute approximate surface area is 235 Å². The summed E-state index contributed by atoms with van der Waals surface area (Å²) in [7, 11) is 2.69. The van der Waals surface area contributed by atoms with Crippen LogP contribution in [0.4, 0.5) is 13.2 Å². The molecule has 0 aliphatic carbocycles. The van der Waals surface area contributed by atoms with E-state index in [2.05, 4.69) is 0 Å². The molecular weight excluding hydrogens is 576 g/mol. The number of alkyl halides is 3. The first-order valence-corrected chi connectivity index (χ1v) is 12.5. The number of fused-ring (bicyclic) bond motifs is 1. The molecule has 12 heteroatoms. The van der Waals surface area contributed by atoms with Gasteiger partial charge in [-0.1, -0.05) is 29.3 Å². The quantitative estimate of drug-likeness (QED) is 0.112. The first-order chi connectivity index (χ1) is 19.0. The molecule has 1 heterocycles. The molecule has 40 heavy (non-hydrogen) atoms. The third-order valence-electron chi connectivity index (χ3n) is 5.70. The van der Waals surface area contributed by atoms with Crippen molar-refractivity contribution in [3.63, 3.8) is 0 Å². The molecule has 0 aliphatic heterocycles. The normalized spacial score (nSPS) is 11.4. The summed E-state index contributed by atoms with van der Waals surface area (Å²) in [4.78, 5) is 25.5. The minimum Gasteiger partial charge on any atom is -0.493 e. The summed E-state index contributed by atoms with van der Waals surface area (Å²) in [5, 5.41) is 0.637. The van der Waals surface area contributed by atoms with Crippen LogP contribution < -0.4 is 24.4 Å². The molecule has 1 aromatic heterocycles. The van der Waals surface area contributed by atoms with E-state index in [0.29, 0.717) is 15.8 Å². The van der Waals surface area contributed by atoms with Crippen LogP contribution in [-0.2, 0) is 11.0 Å². The Morgan fingerprint density at radius 1 is 0.925 bits per heavy atom. The molecule has 7 nitrogen and oxygen atoms in total. The van der Waals surface area contributed by atoms with E-state index in [1.54, 1.807) is 12.1 Å². The molecule has 0 aliphatic rings. The second-order valence-electron chi connectivity index (χ2n) is 8.36. The van der Waals surface area contributed by atoms with E-state index in [9.17, 15) is 22.8 Å². The Morgan fingerprint density at radius 2 is 1.65 bits per heavy atom. The van der Waals surface area contributed by atoms with Gasteiger partial charge in [-0.05, 0) is 54.4 Å². The van der Waals surface area contributed by atoms with E-state index in [1.165, 1.54) is 50.6 Å². The topological polar surface area (TPSA) is 84.2 Å². The van der Waals surface area contributed by atoms with Crippen molar-refractivity contribution in [3.05, 3.63) is 80.6 Å². The van der Waals surface area contributed by atoms with Crippen molar-refractivity contribution in [1.29, 1.82) is 0 Å². The molecule has 0 N–H and O–H groups in total. The zero-order valence-corrected chi connectivity index (χ0v) is 22.6. The molecule has 0 amide bonds. The number of hydrogen-bond donors (Lipinski definition) is 0. The Kier molecular flexibility index (Phi) is 8.80. The van der Waals surface area contributed by atoms with Gasteiger partial charge in [-0.15, -0.1) is 0 Å². The van der Waals surface area contributed by atoms with E-state index in [1.807, 2.05) is 0 Å². The average Bonchev–Trinajstić information content (AvgIpc) is 2.91. The predicted octanol–water partition coefficient (Wildman–Crippen LogP) is 7.57. The highest BCUT2D eigenvalue weighted by Gasteiger charge is 2.39. The van der Waals surface area contributed by atoms with Gasteiger partial charge in [0.1, 0.15) is 17.1 Å². The zero-order chi connectivity index (χ0) is 29.0. The maximum absolute atomic E-state index is 14.0. The maximum Gasteiger partial charge on any atom is 0.450 e. The fraction of sp³-hybridized carbons (Fsp3) is 0.214. The summed E-state index contributed by atoms with van der Waals surface area (Å²) < 4.78 is 68.3. The summed E-state index contributed by atoms with van der Waals surface area (Å²) in [5.41, 5.74) is -2.08. The smallest absolute Gasteiger partial charge is 0.450 e. The van der Waals surface area contributed by atoms with Crippen LogP contribution in [0, 0.1) is 0 Å². The van der Waals surface area contributed by atoms with Crippen LogP contribution in [-0.4, -0.2) is 26.8 Å². The molecule has 0 bridgehead atoms. The van der Waals surface area contributed by atoms with Crippen LogP contribution in [0.1, 0.15) is 18.6 Å².